The topological polar surface area (TPSA) is 67.6 Å². The summed E-state index contributed by atoms with van der Waals surface area (Å²) in [4.78, 5) is 15.5. The van der Waals surface area contributed by atoms with Gasteiger partial charge in [-0.3, -0.25) is 4.79 Å². The number of rotatable bonds is 3. The molecule has 1 aliphatic carbocycles. The smallest absolute Gasteiger partial charge is 0.196 e. The van der Waals surface area contributed by atoms with Crippen LogP contribution in [0.2, 0.25) is 0 Å². The van der Waals surface area contributed by atoms with Crippen molar-refractivity contribution in [3.8, 4) is 11.3 Å². The maximum atomic E-state index is 13.2. The first-order valence-corrected chi connectivity index (χ1v) is 8.96. The highest BCUT2D eigenvalue weighted by atomic mass is 16.5. The Labute approximate surface area is 150 Å². The number of hydrogen-bond donors (Lipinski definition) is 1. The Morgan fingerprint density at radius 2 is 1.96 bits per heavy atom. The SMILES string of the molecule is CCNc1cc(N2CCOCC2)c2noc3c2c1C(=O)c1ccccc1-3. The molecule has 1 N–H and O–H groups in total. The summed E-state index contributed by atoms with van der Waals surface area (Å²) in [7, 11) is 0. The monoisotopic (exact) mass is 349 g/mol. The largest absolute Gasteiger partial charge is 0.385 e. The second kappa shape index (κ2) is 5.85. The zero-order valence-electron chi connectivity index (χ0n) is 14.5. The van der Waals surface area contributed by atoms with Gasteiger partial charge in [0.15, 0.2) is 11.5 Å². The molecule has 0 saturated carbocycles. The predicted molar refractivity (Wildman–Crippen MR) is 100 cm³/mol. The summed E-state index contributed by atoms with van der Waals surface area (Å²) >= 11 is 0. The number of nitrogens with one attached hydrogen (secondary N) is 1. The molecule has 26 heavy (non-hydrogen) atoms. The molecule has 2 heterocycles. The normalized spacial score (nSPS) is 16.0. The predicted octanol–water partition coefficient (Wildman–Crippen LogP) is 3.31. The summed E-state index contributed by atoms with van der Waals surface area (Å²) in [6, 6.07) is 9.60. The Hall–Kier alpha value is -2.86. The van der Waals surface area contributed by atoms with Gasteiger partial charge in [0.25, 0.3) is 0 Å². The molecule has 6 nitrogen and oxygen atoms in total. The Kier molecular flexibility index (Phi) is 3.46. The summed E-state index contributed by atoms with van der Waals surface area (Å²) in [6.45, 7) is 5.73. The lowest BCUT2D eigenvalue weighted by Gasteiger charge is -2.30. The van der Waals surface area contributed by atoms with Crippen molar-refractivity contribution in [1.29, 1.82) is 0 Å². The standard InChI is InChI=1S/C20H19N3O3/c1-2-21-14-11-15(23-7-9-25-10-8-23)18-17-16(14)19(24)12-5-3-4-6-13(12)20(17)26-22-18/h3-6,11,21H,2,7-10H2,1H3. The molecule has 0 spiro atoms. The molecule has 1 aliphatic heterocycles. The van der Waals surface area contributed by atoms with Gasteiger partial charge in [-0.1, -0.05) is 29.4 Å². The number of aromatic nitrogens is 1. The zero-order valence-corrected chi connectivity index (χ0v) is 14.5. The molecule has 6 heteroatoms. The molecule has 0 unspecified atom stereocenters. The van der Waals surface area contributed by atoms with Crippen molar-refractivity contribution >= 4 is 28.1 Å². The molecular formula is C20H19N3O3. The van der Waals surface area contributed by atoms with Crippen molar-refractivity contribution in [3.05, 3.63) is 41.5 Å². The van der Waals surface area contributed by atoms with Crippen LogP contribution in [-0.2, 0) is 4.74 Å². The first kappa shape index (κ1) is 15.4. The second-order valence-corrected chi connectivity index (χ2v) is 6.56. The highest BCUT2D eigenvalue weighted by Crippen LogP contribution is 2.45. The maximum Gasteiger partial charge on any atom is 0.196 e. The Morgan fingerprint density at radius 1 is 1.19 bits per heavy atom. The first-order chi connectivity index (χ1) is 12.8. The Bertz CT molecular complexity index is 1020. The fourth-order valence-electron chi connectivity index (χ4n) is 3.92. The van der Waals surface area contributed by atoms with Crippen molar-refractivity contribution in [3.63, 3.8) is 0 Å². The number of ketones is 1. The van der Waals surface area contributed by atoms with Crippen LogP contribution in [0.1, 0.15) is 22.8 Å². The van der Waals surface area contributed by atoms with Crippen LogP contribution < -0.4 is 10.2 Å². The molecule has 3 aromatic rings. The van der Waals surface area contributed by atoms with E-state index in [0.717, 1.165) is 47.5 Å². The summed E-state index contributed by atoms with van der Waals surface area (Å²) < 4.78 is 11.2. The Balaban J connectivity index is 1.82. The fraction of sp³-hybridized carbons (Fsp3) is 0.300. The van der Waals surface area contributed by atoms with E-state index in [-0.39, 0.29) is 5.78 Å². The van der Waals surface area contributed by atoms with Gasteiger partial charge in [0.2, 0.25) is 0 Å². The number of morpholine rings is 1. The minimum atomic E-state index is 0.0192. The van der Waals surface area contributed by atoms with Gasteiger partial charge in [-0.2, -0.15) is 0 Å². The molecule has 0 amide bonds. The molecule has 0 atom stereocenters. The van der Waals surface area contributed by atoms with Crippen LogP contribution in [0.3, 0.4) is 0 Å². The zero-order chi connectivity index (χ0) is 17.7. The van der Waals surface area contributed by atoms with E-state index in [1.54, 1.807) is 0 Å². The molecule has 1 aromatic heterocycles. The molecule has 1 fully saturated rings. The highest BCUT2D eigenvalue weighted by Gasteiger charge is 2.33. The van der Waals surface area contributed by atoms with Crippen molar-refractivity contribution in [2.24, 2.45) is 0 Å². The number of nitrogens with zero attached hydrogens (tertiary/aromatic N) is 2. The molecule has 132 valence electrons. The molecular weight excluding hydrogens is 330 g/mol. The summed E-state index contributed by atoms with van der Waals surface area (Å²) in [5, 5.41) is 8.54. The van der Waals surface area contributed by atoms with Crippen LogP contribution in [0.4, 0.5) is 11.4 Å². The number of hydrogen-bond acceptors (Lipinski definition) is 6. The van der Waals surface area contributed by atoms with E-state index in [4.69, 9.17) is 9.26 Å². The van der Waals surface area contributed by atoms with Gasteiger partial charge in [-0.15, -0.1) is 0 Å². The van der Waals surface area contributed by atoms with Crippen LogP contribution in [0.5, 0.6) is 0 Å². The van der Waals surface area contributed by atoms with E-state index >= 15 is 0 Å². The summed E-state index contributed by atoms with van der Waals surface area (Å²) in [5.41, 5.74) is 4.72. The van der Waals surface area contributed by atoms with E-state index in [1.807, 2.05) is 37.3 Å². The lowest BCUT2D eigenvalue weighted by Crippen LogP contribution is -2.36. The van der Waals surface area contributed by atoms with Crippen molar-refractivity contribution in [2.75, 3.05) is 43.1 Å². The fourth-order valence-corrected chi connectivity index (χ4v) is 3.92. The van der Waals surface area contributed by atoms with Gasteiger partial charge in [0, 0.05) is 36.4 Å². The summed E-state index contributed by atoms with van der Waals surface area (Å²) in [5.74, 6) is 0.699. The third-order valence-electron chi connectivity index (χ3n) is 5.10. The quantitative estimate of drug-likeness (QED) is 0.612. The number of carbonyl (C=O) groups excluding carboxylic acids is 1. The van der Waals surface area contributed by atoms with Crippen LogP contribution in [0.25, 0.3) is 22.2 Å². The van der Waals surface area contributed by atoms with Crippen LogP contribution in [0.15, 0.2) is 34.9 Å². The van der Waals surface area contributed by atoms with Gasteiger partial charge < -0.3 is 19.5 Å². The van der Waals surface area contributed by atoms with Gasteiger partial charge in [0.1, 0.15) is 5.52 Å². The van der Waals surface area contributed by atoms with Gasteiger partial charge in [-0.05, 0) is 13.0 Å². The Morgan fingerprint density at radius 3 is 2.73 bits per heavy atom. The molecule has 2 aromatic carbocycles. The lowest BCUT2D eigenvalue weighted by molar-refractivity contribution is 0.104. The molecule has 0 radical (unpaired) electrons. The van der Waals surface area contributed by atoms with Crippen LogP contribution in [0, 0.1) is 0 Å². The maximum absolute atomic E-state index is 13.2. The number of anilines is 2. The van der Waals surface area contributed by atoms with E-state index in [2.05, 4.69) is 15.4 Å². The van der Waals surface area contributed by atoms with Gasteiger partial charge in [0.05, 0.1) is 29.9 Å². The van der Waals surface area contributed by atoms with Crippen molar-refractivity contribution in [1.82, 2.24) is 5.16 Å². The summed E-state index contributed by atoms with van der Waals surface area (Å²) in [6.07, 6.45) is 0. The average molecular weight is 349 g/mol. The molecule has 2 aliphatic rings. The van der Waals surface area contributed by atoms with Crippen molar-refractivity contribution in [2.45, 2.75) is 6.92 Å². The first-order valence-electron chi connectivity index (χ1n) is 8.96. The lowest BCUT2D eigenvalue weighted by atomic mass is 9.86. The number of benzene rings is 2. The second-order valence-electron chi connectivity index (χ2n) is 6.56. The van der Waals surface area contributed by atoms with Gasteiger partial charge >= 0.3 is 0 Å². The average Bonchev–Trinajstić information content (AvgIpc) is 3.12. The third-order valence-corrected chi connectivity index (χ3v) is 5.10. The third kappa shape index (κ3) is 2.08. The van der Waals surface area contributed by atoms with E-state index < -0.39 is 0 Å². The van der Waals surface area contributed by atoms with Gasteiger partial charge in [-0.25, -0.2) is 0 Å². The van der Waals surface area contributed by atoms with Crippen LogP contribution >= 0.6 is 0 Å². The van der Waals surface area contributed by atoms with E-state index in [0.29, 0.717) is 30.1 Å². The number of ether oxygens (including phenoxy) is 1. The molecule has 1 saturated heterocycles. The van der Waals surface area contributed by atoms with E-state index in [1.165, 1.54) is 0 Å². The molecule has 5 rings (SSSR count). The highest BCUT2D eigenvalue weighted by molar-refractivity contribution is 6.28. The van der Waals surface area contributed by atoms with Crippen molar-refractivity contribution < 1.29 is 14.1 Å². The van der Waals surface area contributed by atoms with Crippen LogP contribution in [-0.4, -0.2) is 43.8 Å². The van der Waals surface area contributed by atoms with E-state index in [9.17, 15) is 4.79 Å². The minimum Gasteiger partial charge on any atom is -0.385 e. The number of fused-ring (bicyclic) bond motifs is 2. The minimum absolute atomic E-state index is 0.0192. The molecule has 0 bridgehead atoms. The number of carbonyl (C=O) groups is 1.